The van der Waals surface area contributed by atoms with Gasteiger partial charge in [0.1, 0.15) is 0 Å². The SMILES string of the molecule is CN1NNN=C1c1ccc(NCC2CCC(NSC(C)(C)C)CC2)cc1. The highest BCUT2D eigenvalue weighted by Gasteiger charge is 2.22. The molecule has 1 aromatic carbocycles. The lowest BCUT2D eigenvalue weighted by Gasteiger charge is -2.31. The standard InChI is InChI=1S/C19H32N6S/c1-19(2,3)26-22-17-9-5-14(6-10-17)13-20-16-11-7-15(8-12-16)18-21-23-24-25(18)4/h7-8,11-12,14,17,20,22-24H,5-6,9-10,13H2,1-4H3. The first-order valence-electron chi connectivity index (χ1n) is 9.50. The van der Waals surface area contributed by atoms with Crippen molar-refractivity contribution >= 4 is 23.5 Å². The number of hydrogen-bond donors (Lipinski definition) is 4. The fourth-order valence-electron chi connectivity index (χ4n) is 3.28. The van der Waals surface area contributed by atoms with Crippen LogP contribution in [-0.4, -0.2) is 35.2 Å². The molecule has 2 aliphatic rings. The zero-order valence-electron chi connectivity index (χ0n) is 16.3. The Morgan fingerprint density at radius 1 is 1.15 bits per heavy atom. The monoisotopic (exact) mass is 376 g/mol. The molecule has 0 spiro atoms. The molecule has 1 aromatic rings. The lowest BCUT2D eigenvalue weighted by Crippen LogP contribution is -2.37. The Labute approximate surface area is 161 Å². The molecule has 7 heteroatoms. The maximum Gasteiger partial charge on any atom is 0.172 e. The number of hydrazine groups is 2. The molecule has 26 heavy (non-hydrogen) atoms. The van der Waals surface area contributed by atoms with Crippen molar-refractivity contribution in [2.45, 2.75) is 57.2 Å². The van der Waals surface area contributed by atoms with Crippen molar-refractivity contribution < 1.29 is 0 Å². The third-order valence-corrected chi connectivity index (χ3v) is 5.88. The number of nitrogens with one attached hydrogen (secondary N) is 4. The molecule has 1 fully saturated rings. The van der Waals surface area contributed by atoms with Gasteiger partial charge in [-0.1, -0.05) is 11.9 Å². The van der Waals surface area contributed by atoms with Gasteiger partial charge in [0.05, 0.1) is 0 Å². The molecule has 1 saturated carbocycles. The topological polar surface area (TPSA) is 63.7 Å². The Hall–Kier alpha value is -1.44. The molecule has 0 atom stereocenters. The van der Waals surface area contributed by atoms with E-state index in [1.165, 1.54) is 31.4 Å². The van der Waals surface area contributed by atoms with E-state index in [1.54, 1.807) is 0 Å². The van der Waals surface area contributed by atoms with Gasteiger partial charge in [0.15, 0.2) is 5.84 Å². The fraction of sp³-hybridized carbons (Fsp3) is 0.632. The van der Waals surface area contributed by atoms with Crippen LogP contribution in [0.15, 0.2) is 29.4 Å². The molecule has 1 aliphatic heterocycles. The van der Waals surface area contributed by atoms with Crippen molar-refractivity contribution in [2.75, 3.05) is 18.9 Å². The van der Waals surface area contributed by atoms with Gasteiger partial charge in [-0.2, -0.15) is 0 Å². The van der Waals surface area contributed by atoms with E-state index in [2.05, 4.69) is 71.2 Å². The fourth-order valence-corrected chi connectivity index (χ4v) is 4.04. The number of hydrogen-bond acceptors (Lipinski definition) is 7. The van der Waals surface area contributed by atoms with Crippen LogP contribution in [-0.2, 0) is 0 Å². The van der Waals surface area contributed by atoms with Crippen molar-refractivity contribution in [1.82, 2.24) is 20.8 Å². The predicted molar refractivity (Wildman–Crippen MR) is 112 cm³/mol. The molecular weight excluding hydrogens is 344 g/mol. The molecule has 1 heterocycles. The summed E-state index contributed by atoms with van der Waals surface area (Å²) in [6.45, 7) is 7.84. The second-order valence-corrected chi connectivity index (χ2v) is 9.89. The second kappa shape index (κ2) is 8.50. The van der Waals surface area contributed by atoms with Crippen LogP contribution in [0.2, 0.25) is 0 Å². The molecular formula is C19H32N6S. The smallest absolute Gasteiger partial charge is 0.172 e. The van der Waals surface area contributed by atoms with Crippen molar-refractivity contribution in [1.29, 1.82) is 0 Å². The summed E-state index contributed by atoms with van der Waals surface area (Å²) in [6, 6.07) is 9.16. The zero-order valence-corrected chi connectivity index (χ0v) is 17.1. The van der Waals surface area contributed by atoms with Crippen molar-refractivity contribution in [3.05, 3.63) is 29.8 Å². The maximum atomic E-state index is 4.23. The average molecular weight is 377 g/mol. The van der Waals surface area contributed by atoms with Crippen LogP contribution < -0.4 is 21.1 Å². The predicted octanol–water partition coefficient (Wildman–Crippen LogP) is 3.31. The summed E-state index contributed by atoms with van der Waals surface area (Å²) in [6.07, 6.45) is 5.15. The van der Waals surface area contributed by atoms with Crippen LogP contribution in [0, 0.1) is 5.92 Å². The summed E-state index contributed by atoms with van der Waals surface area (Å²) in [7, 11) is 1.94. The minimum absolute atomic E-state index is 0.287. The van der Waals surface area contributed by atoms with Crippen molar-refractivity contribution in [3.63, 3.8) is 0 Å². The molecule has 0 bridgehead atoms. The van der Waals surface area contributed by atoms with Gasteiger partial charge in [-0.15, -0.1) is 10.6 Å². The van der Waals surface area contributed by atoms with Crippen LogP contribution in [0.4, 0.5) is 5.69 Å². The summed E-state index contributed by atoms with van der Waals surface area (Å²) in [5.74, 6) is 1.67. The Morgan fingerprint density at radius 2 is 1.85 bits per heavy atom. The highest BCUT2D eigenvalue weighted by atomic mass is 32.2. The highest BCUT2D eigenvalue weighted by Crippen LogP contribution is 2.28. The molecule has 0 amide bonds. The third kappa shape index (κ3) is 5.53. The largest absolute Gasteiger partial charge is 0.385 e. The minimum Gasteiger partial charge on any atom is -0.385 e. The molecule has 4 N–H and O–H groups in total. The molecule has 6 nitrogen and oxygen atoms in total. The minimum atomic E-state index is 0.287. The lowest BCUT2D eigenvalue weighted by atomic mass is 9.86. The van der Waals surface area contributed by atoms with E-state index in [4.69, 9.17) is 0 Å². The van der Waals surface area contributed by atoms with E-state index in [-0.39, 0.29) is 4.75 Å². The number of benzene rings is 1. The van der Waals surface area contributed by atoms with Crippen LogP contribution in [0.1, 0.15) is 52.0 Å². The summed E-state index contributed by atoms with van der Waals surface area (Å²) >= 11 is 1.88. The van der Waals surface area contributed by atoms with Gasteiger partial charge in [-0.25, -0.2) is 5.53 Å². The van der Waals surface area contributed by atoms with Gasteiger partial charge >= 0.3 is 0 Å². The Kier molecular flexibility index (Phi) is 6.32. The molecule has 0 unspecified atom stereocenters. The van der Waals surface area contributed by atoms with E-state index >= 15 is 0 Å². The van der Waals surface area contributed by atoms with Crippen LogP contribution in [0.3, 0.4) is 0 Å². The van der Waals surface area contributed by atoms with Crippen LogP contribution >= 0.6 is 11.9 Å². The summed E-state index contributed by atoms with van der Waals surface area (Å²) < 4.78 is 3.95. The summed E-state index contributed by atoms with van der Waals surface area (Å²) in [5.41, 5.74) is 7.97. The maximum absolute atomic E-state index is 4.23. The first-order chi connectivity index (χ1) is 12.4. The van der Waals surface area contributed by atoms with Gasteiger partial charge < -0.3 is 5.32 Å². The van der Waals surface area contributed by atoms with E-state index in [0.717, 1.165) is 23.9 Å². The number of nitrogens with zero attached hydrogens (tertiary/aromatic N) is 2. The van der Waals surface area contributed by atoms with Gasteiger partial charge in [0, 0.05) is 35.6 Å². The molecule has 3 rings (SSSR count). The van der Waals surface area contributed by atoms with Crippen LogP contribution in [0.25, 0.3) is 0 Å². The number of amidine groups is 1. The summed E-state index contributed by atoms with van der Waals surface area (Å²) in [5, 5.41) is 9.70. The summed E-state index contributed by atoms with van der Waals surface area (Å²) in [4.78, 5) is 0. The second-order valence-electron chi connectivity index (χ2n) is 8.23. The molecule has 0 saturated heterocycles. The van der Waals surface area contributed by atoms with E-state index in [0.29, 0.717) is 6.04 Å². The average Bonchev–Trinajstić information content (AvgIpc) is 3.05. The van der Waals surface area contributed by atoms with Crippen molar-refractivity contribution in [2.24, 2.45) is 11.0 Å². The number of rotatable bonds is 6. The van der Waals surface area contributed by atoms with Crippen molar-refractivity contribution in [3.8, 4) is 0 Å². The first kappa shape index (κ1) is 19.3. The quantitative estimate of drug-likeness (QED) is 0.572. The molecule has 0 radical (unpaired) electrons. The van der Waals surface area contributed by atoms with E-state index < -0.39 is 0 Å². The first-order valence-corrected chi connectivity index (χ1v) is 10.3. The number of anilines is 1. The van der Waals surface area contributed by atoms with Gasteiger partial charge in [-0.3, -0.25) is 9.73 Å². The number of hydrazone groups is 1. The van der Waals surface area contributed by atoms with E-state index in [1.807, 2.05) is 24.0 Å². The van der Waals surface area contributed by atoms with Gasteiger partial charge in [0.25, 0.3) is 0 Å². The lowest BCUT2D eigenvalue weighted by molar-refractivity contribution is 0.328. The van der Waals surface area contributed by atoms with Gasteiger partial charge in [0.2, 0.25) is 0 Å². The normalized spacial score (nSPS) is 23.5. The van der Waals surface area contributed by atoms with Crippen LogP contribution in [0.5, 0.6) is 0 Å². The third-order valence-electron chi connectivity index (χ3n) is 4.81. The highest BCUT2D eigenvalue weighted by molar-refractivity contribution is 7.98. The van der Waals surface area contributed by atoms with Gasteiger partial charge in [-0.05, 0) is 76.6 Å². The van der Waals surface area contributed by atoms with E-state index in [9.17, 15) is 0 Å². The Morgan fingerprint density at radius 3 is 2.42 bits per heavy atom. The molecule has 0 aromatic heterocycles. The zero-order chi connectivity index (χ0) is 18.6. The molecule has 1 aliphatic carbocycles. The Balaban J connectivity index is 1.40. The molecule has 144 valence electrons. The Bertz CT molecular complexity index is 601.